The van der Waals surface area contributed by atoms with Crippen molar-refractivity contribution in [2.24, 2.45) is 5.92 Å². The van der Waals surface area contributed by atoms with Crippen molar-refractivity contribution < 1.29 is 14.5 Å². The van der Waals surface area contributed by atoms with Crippen molar-refractivity contribution in [2.45, 2.75) is 13.8 Å². The molecule has 0 fully saturated rings. The summed E-state index contributed by atoms with van der Waals surface area (Å²) in [4.78, 5) is 21.7. The Morgan fingerprint density at radius 2 is 2.14 bits per heavy atom. The molecule has 0 aliphatic heterocycles. The first-order chi connectivity index (χ1) is 9.41. The van der Waals surface area contributed by atoms with E-state index in [4.69, 9.17) is 16.3 Å². The molecule has 1 N–H and O–H groups in total. The van der Waals surface area contributed by atoms with Gasteiger partial charge in [0.25, 0.3) is 5.69 Å². The molecular formula is C13H18Cl2N2O4. The smallest absolute Gasteiger partial charge is 0.339 e. The molecule has 0 aromatic heterocycles. The predicted octanol–water partition coefficient (Wildman–Crippen LogP) is 3.07. The number of hydrogen-bond donors (Lipinski definition) is 1. The number of nitro groups is 1. The van der Waals surface area contributed by atoms with Crippen LogP contribution in [-0.2, 0) is 4.74 Å². The van der Waals surface area contributed by atoms with Crippen LogP contribution in [0.5, 0.6) is 0 Å². The van der Waals surface area contributed by atoms with E-state index in [9.17, 15) is 14.9 Å². The average Bonchev–Trinajstić information content (AvgIpc) is 2.37. The van der Waals surface area contributed by atoms with Crippen LogP contribution >= 0.6 is 24.0 Å². The SMILES string of the molecule is CC(C)CNCCOC(=O)c1ccc([N+](=O)[O-])cc1Cl.Cl. The van der Waals surface area contributed by atoms with E-state index >= 15 is 0 Å². The molecule has 0 unspecified atom stereocenters. The monoisotopic (exact) mass is 336 g/mol. The van der Waals surface area contributed by atoms with Crippen molar-refractivity contribution in [3.63, 3.8) is 0 Å². The molecule has 8 heteroatoms. The normalized spacial score (nSPS) is 10.1. The lowest BCUT2D eigenvalue weighted by Gasteiger charge is -2.08. The molecule has 0 bridgehead atoms. The van der Waals surface area contributed by atoms with Gasteiger partial charge in [-0.1, -0.05) is 25.4 Å². The molecule has 0 aliphatic carbocycles. The number of halogens is 2. The lowest BCUT2D eigenvalue weighted by atomic mass is 10.2. The summed E-state index contributed by atoms with van der Waals surface area (Å²) in [5, 5.41) is 13.7. The van der Waals surface area contributed by atoms with Crippen LogP contribution in [0.1, 0.15) is 24.2 Å². The highest BCUT2D eigenvalue weighted by Crippen LogP contribution is 2.22. The van der Waals surface area contributed by atoms with Crippen molar-refractivity contribution in [1.29, 1.82) is 0 Å². The van der Waals surface area contributed by atoms with E-state index in [-0.39, 0.29) is 35.3 Å². The lowest BCUT2D eigenvalue weighted by Crippen LogP contribution is -2.25. The van der Waals surface area contributed by atoms with Gasteiger partial charge in [-0.3, -0.25) is 10.1 Å². The maximum Gasteiger partial charge on any atom is 0.339 e. The molecule has 0 spiro atoms. The molecule has 1 rings (SSSR count). The maximum absolute atomic E-state index is 11.7. The van der Waals surface area contributed by atoms with Crippen LogP contribution < -0.4 is 5.32 Å². The van der Waals surface area contributed by atoms with Gasteiger partial charge < -0.3 is 10.1 Å². The first kappa shape index (κ1) is 19.6. The number of carbonyl (C=O) groups excluding carboxylic acids is 1. The molecule has 1 aromatic carbocycles. The van der Waals surface area contributed by atoms with Crippen molar-refractivity contribution >= 4 is 35.7 Å². The van der Waals surface area contributed by atoms with Gasteiger partial charge in [0.05, 0.1) is 15.5 Å². The lowest BCUT2D eigenvalue weighted by molar-refractivity contribution is -0.384. The van der Waals surface area contributed by atoms with Crippen LogP contribution in [0.2, 0.25) is 5.02 Å². The largest absolute Gasteiger partial charge is 0.461 e. The highest BCUT2D eigenvalue weighted by atomic mass is 35.5. The molecule has 6 nitrogen and oxygen atoms in total. The minimum atomic E-state index is -0.587. The van der Waals surface area contributed by atoms with Crippen LogP contribution in [0.3, 0.4) is 0 Å². The van der Waals surface area contributed by atoms with Gasteiger partial charge >= 0.3 is 5.97 Å². The number of hydrogen-bond acceptors (Lipinski definition) is 5. The second-order valence-corrected chi connectivity index (χ2v) is 5.06. The molecule has 21 heavy (non-hydrogen) atoms. The molecular weight excluding hydrogens is 319 g/mol. The molecule has 0 saturated carbocycles. The standard InChI is InChI=1S/C13H17ClN2O4.ClH/c1-9(2)8-15-5-6-20-13(17)11-4-3-10(16(18)19)7-12(11)14;/h3-4,7,9,15H,5-6,8H2,1-2H3;1H. The van der Waals surface area contributed by atoms with Crippen molar-refractivity contribution in [3.8, 4) is 0 Å². The highest BCUT2D eigenvalue weighted by Gasteiger charge is 2.15. The van der Waals surface area contributed by atoms with Gasteiger partial charge in [-0.25, -0.2) is 4.79 Å². The van der Waals surface area contributed by atoms with E-state index < -0.39 is 10.9 Å². The average molecular weight is 337 g/mol. The van der Waals surface area contributed by atoms with Crippen LogP contribution in [0.25, 0.3) is 0 Å². The number of benzene rings is 1. The molecule has 1 aromatic rings. The Morgan fingerprint density at radius 1 is 1.48 bits per heavy atom. The summed E-state index contributed by atoms with van der Waals surface area (Å²) < 4.78 is 5.04. The van der Waals surface area contributed by atoms with Crippen molar-refractivity contribution in [2.75, 3.05) is 19.7 Å². The van der Waals surface area contributed by atoms with Crippen LogP contribution in [-0.4, -0.2) is 30.6 Å². The molecule has 0 heterocycles. The molecule has 0 atom stereocenters. The number of ether oxygens (including phenoxy) is 1. The number of nitro benzene ring substituents is 1. The van der Waals surface area contributed by atoms with E-state index in [1.807, 2.05) is 0 Å². The van der Waals surface area contributed by atoms with Gasteiger partial charge in [0.2, 0.25) is 0 Å². The zero-order chi connectivity index (χ0) is 15.1. The molecule has 118 valence electrons. The van der Waals surface area contributed by atoms with Gasteiger partial charge in [-0.05, 0) is 18.5 Å². The quantitative estimate of drug-likeness (QED) is 0.358. The fourth-order valence-electron chi connectivity index (χ4n) is 1.47. The van der Waals surface area contributed by atoms with E-state index in [0.717, 1.165) is 12.6 Å². The number of esters is 1. The number of non-ortho nitro benzene ring substituents is 1. The fraction of sp³-hybridized carbons (Fsp3) is 0.462. The highest BCUT2D eigenvalue weighted by molar-refractivity contribution is 6.33. The van der Waals surface area contributed by atoms with Crippen LogP contribution in [0.15, 0.2) is 18.2 Å². The Morgan fingerprint density at radius 3 is 2.67 bits per heavy atom. The Balaban J connectivity index is 0.00000400. The van der Waals surface area contributed by atoms with E-state index in [2.05, 4.69) is 19.2 Å². The first-order valence-electron chi connectivity index (χ1n) is 6.23. The van der Waals surface area contributed by atoms with E-state index in [0.29, 0.717) is 12.5 Å². The summed E-state index contributed by atoms with van der Waals surface area (Å²) in [7, 11) is 0. The maximum atomic E-state index is 11.7. The Bertz CT molecular complexity index is 495. The third kappa shape index (κ3) is 6.75. The van der Waals surface area contributed by atoms with Gasteiger partial charge in [0.15, 0.2) is 0 Å². The number of carbonyl (C=O) groups is 1. The number of nitrogens with zero attached hydrogens (tertiary/aromatic N) is 1. The second kappa shape index (κ2) is 9.55. The number of rotatable bonds is 7. The Hall–Kier alpha value is -1.37. The zero-order valence-corrected chi connectivity index (χ0v) is 13.4. The zero-order valence-electron chi connectivity index (χ0n) is 11.8. The minimum absolute atomic E-state index is 0. The minimum Gasteiger partial charge on any atom is -0.461 e. The van der Waals surface area contributed by atoms with E-state index in [1.165, 1.54) is 12.1 Å². The Kier molecular flexibility index (Phi) is 8.92. The van der Waals surface area contributed by atoms with Crippen LogP contribution in [0, 0.1) is 16.0 Å². The van der Waals surface area contributed by atoms with E-state index in [1.54, 1.807) is 0 Å². The van der Waals surface area contributed by atoms with Crippen molar-refractivity contribution in [1.82, 2.24) is 5.32 Å². The first-order valence-corrected chi connectivity index (χ1v) is 6.61. The van der Waals surface area contributed by atoms with Crippen molar-refractivity contribution in [3.05, 3.63) is 38.9 Å². The third-order valence-electron chi connectivity index (χ3n) is 2.45. The summed E-state index contributed by atoms with van der Waals surface area (Å²) in [5.41, 5.74) is -0.0359. The summed E-state index contributed by atoms with van der Waals surface area (Å²) in [6.45, 7) is 5.77. The summed E-state index contributed by atoms with van der Waals surface area (Å²) in [6, 6.07) is 3.65. The molecule has 0 radical (unpaired) electrons. The topological polar surface area (TPSA) is 81.5 Å². The molecule has 0 saturated heterocycles. The fourth-order valence-corrected chi connectivity index (χ4v) is 1.72. The summed E-state index contributed by atoms with van der Waals surface area (Å²) in [5.74, 6) is -0.0638. The van der Waals surface area contributed by atoms with Gasteiger partial charge in [-0.15, -0.1) is 12.4 Å². The number of nitrogens with one attached hydrogen (secondary N) is 1. The van der Waals surface area contributed by atoms with Gasteiger partial charge in [0, 0.05) is 18.7 Å². The Labute approximate surface area is 134 Å². The van der Waals surface area contributed by atoms with Gasteiger partial charge in [-0.2, -0.15) is 0 Å². The summed E-state index contributed by atoms with van der Waals surface area (Å²) >= 11 is 5.83. The van der Waals surface area contributed by atoms with Crippen LogP contribution in [0.4, 0.5) is 5.69 Å². The second-order valence-electron chi connectivity index (χ2n) is 4.66. The van der Waals surface area contributed by atoms with Gasteiger partial charge in [0.1, 0.15) is 6.61 Å². The molecule has 0 aliphatic rings. The predicted molar refractivity (Wildman–Crippen MR) is 83.3 cm³/mol. The summed E-state index contributed by atoms with van der Waals surface area (Å²) in [6.07, 6.45) is 0. The molecule has 0 amide bonds. The third-order valence-corrected chi connectivity index (χ3v) is 2.76.